The molecule has 2 heterocycles. The van der Waals surface area contributed by atoms with E-state index in [9.17, 15) is 0 Å². The van der Waals surface area contributed by atoms with Crippen LogP contribution in [-0.4, -0.2) is 42.8 Å². The molecule has 0 spiro atoms. The number of rotatable bonds is 5. The predicted octanol–water partition coefficient (Wildman–Crippen LogP) is 1.53. The Bertz CT molecular complexity index is 240. The van der Waals surface area contributed by atoms with Gasteiger partial charge in [0.25, 0.3) is 0 Å². The molecular formula is C13H24N2O. The molecule has 2 aliphatic heterocycles. The summed E-state index contributed by atoms with van der Waals surface area (Å²) in [5.74, 6) is 0. The Morgan fingerprint density at radius 2 is 2.00 bits per heavy atom. The van der Waals surface area contributed by atoms with Gasteiger partial charge in [0.15, 0.2) is 0 Å². The van der Waals surface area contributed by atoms with Gasteiger partial charge in [-0.3, -0.25) is 4.90 Å². The Morgan fingerprint density at radius 3 is 2.56 bits per heavy atom. The zero-order valence-corrected chi connectivity index (χ0v) is 10.3. The topological polar surface area (TPSA) is 38.5 Å². The summed E-state index contributed by atoms with van der Waals surface area (Å²) in [6, 6.07) is 1.88. The lowest BCUT2D eigenvalue weighted by atomic mass is 9.98. The van der Waals surface area contributed by atoms with Gasteiger partial charge in [-0.2, -0.15) is 0 Å². The summed E-state index contributed by atoms with van der Waals surface area (Å²) >= 11 is 0. The standard InChI is InChI=1S/C13H24N2O/c1-10(2)9-16-6-5-15-12-3-4-13(15)8-11(14)7-12/h11-13H,1,3-9,14H2,2H3. The van der Waals surface area contributed by atoms with E-state index in [1.807, 2.05) is 6.92 Å². The molecule has 2 unspecified atom stereocenters. The van der Waals surface area contributed by atoms with E-state index in [4.69, 9.17) is 10.5 Å². The van der Waals surface area contributed by atoms with Crippen LogP contribution < -0.4 is 5.73 Å². The Labute approximate surface area is 98.6 Å². The van der Waals surface area contributed by atoms with Gasteiger partial charge >= 0.3 is 0 Å². The lowest BCUT2D eigenvalue weighted by molar-refractivity contribution is 0.0712. The molecule has 2 rings (SSSR count). The van der Waals surface area contributed by atoms with Crippen molar-refractivity contribution in [2.24, 2.45) is 5.73 Å². The van der Waals surface area contributed by atoms with Crippen molar-refractivity contribution >= 4 is 0 Å². The summed E-state index contributed by atoms with van der Waals surface area (Å²) in [5.41, 5.74) is 7.14. The summed E-state index contributed by atoms with van der Waals surface area (Å²) in [6.07, 6.45) is 5.02. The number of ether oxygens (including phenoxy) is 1. The molecule has 2 aliphatic rings. The van der Waals surface area contributed by atoms with Crippen molar-refractivity contribution in [3.63, 3.8) is 0 Å². The molecule has 0 aliphatic carbocycles. The number of hydrogen-bond donors (Lipinski definition) is 1. The summed E-state index contributed by atoms with van der Waals surface area (Å²) in [4.78, 5) is 2.61. The van der Waals surface area contributed by atoms with E-state index in [0.717, 1.165) is 30.8 Å². The molecule has 16 heavy (non-hydrogen) atoms. The van der Waals surface area contributed by atoms with Crippen LogP contribution in [0.2, 0.25) is 0 Å². The highest BCUT2D eigenvalue weighted by Crippen LogP contribution is 2.34. The molecule has 0 aromatic carbocycles. The molecule has 2 saturated heterocycles. The SMILES string of the molecule is C=C(C)COCCN1C2CCC1CC(N)C2. The zero-order chi connectivity index (χ0) is 11.5. The van der Waals surface area contributed by atoms with Gasteiger partial charge in [0.2, 0.25) is 0 Å². The van der Waals surface area contributed by atoms with Crippen molar-refractivity contribution in [2.75, 3.05) is 19.8 Å². The maximum Gasteiger partial charge on any atom is 0.0672 e. The third-order valence-electron chi connectivity index (χ3n) is 3.76. The van der Waals surface area contributed by atoms with Crippen LogP contribution in [-0.2, 0) is 4.74 Å². The van der Waals surface area contributed by atoms with Crippen LogP contribution in [0.1, 0.15) is 32.6 Å². The fourth-order valence-electron chi connectivity index (χ4n) is 3.10. The van der Waals surface area contributed by atoms with Gasteiger partial charge in [-0.15, -0.1) is 0 Å². The maximum atomic E-state index is 6.04. The van der Waals surface area contributed by atoms with E-state index in [0.29, 0.717) is 12.6 Å². The average molecular weight is 224 g/mol. The van der Waals surface area contributed by atoms with Crippen molar-refractivity contribution < 1.29 is 4.74 Å². The highest BCUT2D eigenvalue weighted by atomic mass is 16.5. The van der Waals surface area contributed by atoms with E-state index in [-0.39, 0.29) is 0 Å². The molecule has 3 heteroatoms. The van der Waals surface area contributed by atoms with Gasteiger partial charge in [0.1, 0.15) is 0 Å². The fraction of sp³-hybridized carbons (Fsp3) is 0.846. The fourth-order valence-corrected chi connectivity index (χ4v) is 3.10. The third-order valence-corrected chi connectivity index (χ3v) is 3.76. The number of nitrogens with two attached hydrogens (primary N) is 1. The van der Waals surface area contributed by atoms with E-state index >= 15 is 0 Å². The largest absolute Gasteiger partial charge is 0.376 e. The van der Waals surface area contributed by atoms with Crippen LogP contribution in [0.4, 0.5) is 0 Å². The lowest BCUT2D eigenvalue weighted by Gasteiger charge is -2.37. The predicted molar refractivity (Wildman–Crippen MR) is 66.4 cm³/mol. The second-order valence-electron chi connectivity index (χ2n) is 5.36. The van der Waals surface area contributed by atoms with Gasteiger partial charge in [0, 0.05) is 24.7 Å². The van der Waals surface area contributed by atoms with Crippen molar-refractivity contribution in [1.29, 1.82) is 0 Å². The number of fused-ring (bicyclic) bond motifs is 2. The number of piperidine rings is 1. The van der Waals surface area contributed by atoms with Crippen LogP contribution in [0, 0.1) is 0 Å². The van der Waals surface area contributed by atoms with Gasteiger partial charge in [-0.05, 0) is 32.6 Å². The molecule has 3 nitrogen and oxygen atoms in total. The van der Waals surface area contributed by atoms with Crippen molar-refractivity contribution in [1.82, 2.24) is 4.90 Å². The molecule has 0 aromatic rings. The molecule has 2 bridgehead atoms. The summed E-state index contributed by atoms with van der Waals surface area (Å²) in [6.45, 7) is 8.43. The first-order valence-corrected chi connectivity index (χ1v) is 6.40. The summed E-state index contributed by atoms with van der Waals surface area (Å²) in [5, 5.41) is 0. The Kier molecular flexibility index (Phi) is 4.00. The summed E-state index contributed by atoms with van der Waals surface area (Å²) in [7, 11) is 0. The molecule has 2 fully saturated rings. The van der Waals surface area contributed by atoms with E-state index in [1.165, 1.54) is 25.7 Å². The Balaban J connectivity index is 1.72. The molecule has 0 radical (unpaired) electrons. The summed E-state index contributed by atoms with van der Waals surface area (Å²) < 4.78 is 5.58. The van der Waals surface area contributed by atoms with Crippen molar-refractivity contribution in [2.45, 2.75) is 50.7 Å². The first-order chi connectivity index (χ1) is 7.66. The molecule has 0 aromatic heterocycles. The van der Waals surface area contributed by atoms with Gasteiger partial charge in [-0.25, -0.2) is 0 Å². The minimum absolute atomic E-state index is 0.435. The van der Waals surface area contributed by atoms with E-state index in [1.54, 1.807) is 0 Å². The molecular weight excluding hydrogens is 200 g/mol. The van der Waals surface area contributed by atoms with Crippen LogP contribution >= 0.6 is 0 Å². The molecule has 0 amide bonds. The number of hydrogen-bond acceptors (Lipinski definition) is 3. The molecule has 0 saturated carbocycles. The minimum atomic E-state index is 0.435. The number of nitrogens with zero attached hydrogens (tertiary/aromatic N) is 1. The molecule has 2 N–H and O–H groups in total. The van der Waals surface area contributed by atoms with Gasteiger partial charge in [-0.1, -0.05) is 12.2 Å². The highest BCUT2D eigenvalue weighted by molar-refractivity contribution is 4.96. The second kappa shape index (κ2) is 5.30. The van der Waals surface area contributed by atoms with Crippen LogP contribution in [0.15, 0.2) is 12.2 Å². The quantitative estimate of drug-likeness (QED) is 0.568. The first kappa shape index (κ1) is 12.1. The highest BCUT2D eigenvalue weighted by Gasteiger charge is 2.38. The van der Waals surface area contributed by atoms with Crippen LogP contribution in [0.5, 0.6) is 0 Å². The smallest absolute Gasteiger partial charge is 0.0672 e. The van der Waals surface area contributed by atoms with E-state index in [2.05, 4.69) is 11.5 Å². The second-order valence-corrected chi connectivity index (χ2v) is 5.36. The monoisotopic (exact) mass is 224 g/mol. The zero-order valence-electron chi connectivity index (χ0n) is 10.3. The van der Waals surface area contributed by atoms with E-state index < -0.39 is 0 Å². The Hall–Kier alpha value is -0.380. The van der Waals surface area contributed by atoms with Crippen LogP contribution in [0.3, 0.4) is 0 Å². The van der Waals surface area contributed by atoms with Crippen molar-refractivity contribution in [3.8, 4) is 0 Å². The van der Waals surface area contributed by atoms with Crippen LogP contribution in [0.25, 0.3) is 0 Å². The third kappa shape index (κ3) is 2.84. The normalized spacial score (nSPS) is 34.2. The lowest BCUT2D eigenvalue weighted by Crippen LogP contribution is -2.48. The molecule has 2 atom stereocenters. The average Bonchev–Trinajstić information content (AvgIpc) is 2.45. The first-order valence-electron chi connectivity index (χ1n) is 6.40. The Morgan fingerprint density at radius 1 is 1.38 bits per heavy atom. The molecule has 92 valence electrons. The van der Waals surface area contributed by atoms with Crippen molar-refractivity contribution in [3.05, 3.63) is 12.2 Å². The maximum absolute atomic E-state index is 6.04. The van der Waals surface area contributed by atoms with Gasteiger partial charge < -0.3 is 10.5 Å². The minimum Gasteiger partial charge on any atom is -0.376 e. The van der Waals surface area contributed by atoms with Gasteiger partial charge in [0.05, 0.1) is 13.2 Å².